The number of nitrogens with one attached hydrogen (secondary N) is 2. The number of hydrogen-bond acceptors (Lipinski definition) is 6. The van der Waals surface area contributed by atoms with Crippen molar-refractivity contribution in [2.75, 3.05) is 24.7 Å². The Morgan fingerprint density at radius 2 is 2.00 bits per heavy atom. The summed E-state index contributed by atoms with van der Waals surface area (Å²) in [5.74, 6) is 0.201. The zero-order valence-electron chi connectivity index (χ0n) is 15.6. The van der Waals surface area contributed by atoms with E-state index >= 15 is 0 Å². The molecule has 0 atom stereocenters. The molecular weight excluding hydrogens is 366 g/mol. The van der Waals surface area contributed by atoms with E-state index in [4.69, 9.17) is 4.74 Å². The van der Waals surface area contributed by atoms with Gasteiger partial charge in [-0.3, -0.25) is 9.59 Å². The van der Waals surface area contributed by atoms with Gasteiger partial charge in [0.2, 0.25) is 0 Å². The zero-order chi connectivity index (χ0) is 19.6. The van der Waals surface area contributed by atoms with Gasteiger partial charge in [-0.2, -0.15) is 0 Å². The molecule has 0 fully saturated rings. The lowest BCUT2D eigenvalue weighted by Crippen LogP contribution is -2.24. The van der Waals surface area contributed by atoms with Crippen molar-refractivity contribution < 1.29 is 14.3 Å². The fourth-order valence-corrected chi connectivity index (χ4v) is 2.86. The maximum absolute atomic E-state index is 12.3. The third kappa shape index (κ3) is 5.85. The van der Waals surface area contributed by atoms with E-state index in [-0.39, 0.29) is 30.6 Å². The van der Waals surface area contributed by atoms with E-state index in [1.807, 2.05) is 37.3 Å². The van der Waals surface area contributed by atoms with Gasteiger partial charge in [-0.05, 0) is 24.8 Å². The molecule has 2 rings (SSSR count). The van der Waals surface area contributed by atoms with Crippen molar-refractivity contribution in [1.29, 1.82) is 0 Å². The van der Waals surface area contributed by atoms with Gasteiger partial charge in [-0.1, -0.05) is 36.9 Å². The van der Waals surface area contributed by atoms with Gasteiger partial charge in [-0.15, -0.1) is 0 Å². The molecule has 0 radical (unpaired) electrons. The van der Waals surface area contributed by atoms with E-state index < -0.39 is 5.97 Å². The van der Waals surface area contributed by atoms with Crippen molar-refractivity contribution in [3.8, 4) is 0 Å². The molecule has 0 aliphatic rings. The molecule has 144 valence electrons. The van der Waals surface area contributed by atoms with Crippen LogP contribution in [0.4, 0.5) is 11.5 Å². The predicted octanol–water partition coefficient (Wildman–Crippen LogP) is 2.66. The number of aliphatic imine (C=N–C) groups is 1. The number of carbonyl (C=O) groups is 2. The number of rotatable bonds is 7. The molecule has 27 heavy (non-hydrogen) atoms. The Bertz CT molecular complexity index is 805. The molecule has 0 bridgehead atoms. The second-order valence-corrected chi connectivity index (χ2v) is 6.52. The first kappa shape index (κ1) is 20.5. The SMILES string of the molecule is CCOC(=O)Cn1cnc(N=C(Nc2ccccc2)SCC)c1C(=O)NC. The average molecular weight is 389 g/mol. The summed E-state index contributed by atoms with van der Waals surface area (Å²) in [6.07, 6.45) is 1.41. The highest BCUT2D eigenvalue weighted by Gasteiger charge is 2.20. The zero-order valence-corrected chi connectivity index (χ0v) is 16.4. The second-order valence-electron chi connectivity index (χ2n) is 5.27. The number of imidazole rings is 1. The summed E-state index contributed by atoms with van der Waals surface area (Å²) in [6, 6.07) is 9.60. The highest BCUT2D eigenvalue weighted by Crippen LogP contribution is 2.21. The summed E-state index contributed by atoms with van der Waals surface area (Å²) in [6.45, 7) is 3.89. The Labute approximate surface area is 162 Å². The number of para-hydroxylation sites is 1. The number of amides is 1. The molecule has 8 nitrogen and oxygen atoms in total. The number of anilines is 1. The number of carbonyl (C=O) groups excluding carboxylic acids is 2. The van der Waals surface area contributed by atoms with Crippen LogP contribution in [0.15, 0.2) is 41.7 Å². The van der Waals surface area contributed by atoms with Crippen LogP contribution < -0.4 is 10.6 Å². The van der Waals surface area contributed by atoms with Gasteiger partial charge in [-0.25, -0.2) is 9.98 Å². The summed E-state index contributed by atoms with van der Waals surface area (Å²) >= 11 is 1.49. The van der Waals surface area contributed by atoms with Crippen LogP contribution in [0, 0.1) is 0 Å². The molecule has 0 saturated carbocycles. The van der Waals surface area contributed by atoms with E-state index in [2.05, 4.69) is 20.6 Å². The summed E-state index contributed by atoms with van der Waals surface area (Å²) in [5.41, 5.74) is 1.08. The summed E-state index contributed by atoms with van der Waals surface area (Å²) in [5, 5.41) is 6.39. The number of thioether (sulfide) groups is 1. The maximum Gasteiger partial charge on any atom is 0.326 e. The molecule has 1 aromatic carbocycles. The summed E-state index contributed by atoms with van der Waals surface area (Å²) < 4.78 is 6.39. The standard InChI is InChI=1S/C18H23N5O3S/c1-4-26-14(24)11-23-12-20-16(15(23)17(25)19-3)22-18(27-5-2)21-13-9-7-6-8-10-13/h6-10,12H,4-5,11H2,1-3H3,(H,19,25)(H,21,22). The van der Waals surface area contributed by atoms with E-state index in [0.717, 1.165) is 11.4 Å². The number of ether oxygens (including phenoxy) is 1. The van der Waals surface area contributed by atoms with E-state index in [1.165, 1.54) is 29.7 Å². The summed E-state index contributed by atoms with van der Waals surface area (Å²) in [7, 11) is 1.52. The quantitative estimate of drug-likeness (QED) is 0.429. The van der Waals surface area contributed by atoms with Crippen molar-refractivity contribution in [2.24, 2.45) is 4.99 Å². The number of esters is 1. The highest BCUT2D eigenvalue weighted by molar-refractivity contribution is 8.14. The molecule has 0 aliphatic heterocycles. The Balaban J connectivity index is 2.35. The Kier molecular flexibility index (Phi) is 7.87. The topological polar surface area (TPSA) is 97.6 Å². The number of aromatic nitrogens is 2. The third-order valence-electron chi connectivity index (χ3n) is 3.38. The Morgan fingerprint density at radius 3 is 2.63 bits per heavy atom. The van der Waals surface area contributed by atoms with Crippen LogP contribution >= 0.6 is 11.8 Å². The summed E-state index contributed by atoms with van der Waals surface area (Å²) in [4.78, 5) is 32.9. The smallest absolute Gasteiger partial charge is 0.326 e. The van der Waals surface area contributed by atoms with Gasteiger partial charge < -0.3 is 19.9 Å². The lowest BCUT2D eigenvalue weighted by Gasteiger charge is -2.09. The molecule has 1 amide bonds. The van der Waals surface area contributed by atoms with Crippen molar-refractivity contribution in [2.45, 2.75) is 20.4 Å². The minimum absolute atomic E-state index is 0.110. The van der Waals surface area contributed by atoms with Crippen LogP contribution in [0.25, 0.3) is 0 Å². The number of benzene rings is 1. The minimum atomic E-state index is -0.443. The largest absolute Gasteiger partial charge is 0.465 e. The minimum Gasteiger partial charge on any atom is -0.465 e. The monoisotopic (exact) mass is 389 g/mol. The lowest BCUT2D eigenvalue weighted by atomic mass is 10.3. The molecule has 0 spiro atoms. The first-order chi connectivity index (χ1) is 13.1. The van der Waals surface area contributed by atoms with Gasteiger partial charge in [0, 0.05) is 12.7 Å². The van der Waals surface area contributed by atoms with E-state index in [9.17, 15) is 9.59 Å². The predicted molar refractivity (Wildman–Crippen MR) is 108 cm³/mol. The molecule has 1 heterocycles. The van der Waals surface area contributed by atoms with E-state index in [0.29, 0.717) is 5.17 Å². The first-order valence-electron chi connectivity index (χ1n) is 8.55. The van der Waals surface area contributed by atoms with Gasteiger partial charge in [0.05, 0.1) is 12.9 Å². The molecule has 0 aliphatic carbocycles. The fraction of sp³-hybridized carbons (Fsp3) is 0.333. The number of amidine groups is 1. The molecule has 0 unspecified atom stereocenters. The number of hydrogen-bond donors (Lipinski definition) is 2. The van der Waals surface area contributed by atoms with Gasteiger partial charge in [0.25, 0.3) is 5.91 Å². The van der Waals surface area contributed by atoms with Crippen molar-refractivity contribution in [3.63, 3.8) is 0 Å². The maximum atomic E-state index is 12.3. The molecular formula is C18H23N5O3S. The molecule has 1 aromatic heterocycles. The normalized spacial score (nSPS) is 11.1. The van der Waals surface area contributed by atoms with Crippen LogP contribution in [-0.4, -0.2) is 46.0 Å². The average Bonchev–Trinajstić information content (AvgIpc) is 3.04. The van der Waals surface area contributed by atoms with Crippen molar-refractivity contribution >= 4 is 40.3 Å². The van der Waals surface area contributed by atoms with Gasteiger partial charge in [0.15, 0.2) is 16.7 Å². The lowest BCUT2D eigenvalue weighted by molar-refractivity contribution is -0.143. The van der Waals surface area contributed by atoms with Gasteiger partial charge >= 0.3 is 5.97 Å². The second kappa shape index (κ2) is 10.4. The molecule has 9 heteroatoms. The van der Waals surface area contributed by atoms with Crippen LogP contribution in [0.3, 0.4) is 0 Å². The van der Waals surface area contributed by atoms with Crippen molar-refractivity contribution in [1.82, 2.24) is 14.9 Å². The Morgan fingerprint density at radius 1 is 1.26 bits per heavy atom. The highest BCUT2D eigenvalue weighted by atomic mass is 32.2. The van der Waals surface area contributed by atoms with Crippen LogP contribution in [-0.2, 0) is 16.1 Å². The van der Waals surface area contributed by atoms with E-state index in [1.54, 1.807) is 6.92 Å². The van der Waals surface area contributed by atoms with Crippen LogP contribution in [0.1, 0.15) is 24.3 Å². The van der Waals surface area contributed by atoms with Crippen LogP contribution in [0.2, 0.25) is 0 Å². The Hall–Kier alpha value is -2.81. The molecule has 2 aromatic rings. The first-order valence-corrected chi connectivity index (χ1v) is 9.53. The van der Waals surface area contributed by atoms with Crippen LogP contribution in [0.5, 0.6) is 0 Å². The van der Waals surface area contributed by atoms with Crippen molar-refractivity contribution in [3.05, 3.63) is 42.4 Å². The third-order valence-corrected chi connectivity index (χ3v) is 4.13. The van der Waals surface area contributed by atoms with Gasteiger partial charge in [0.1, 0.15) is 6.54 Å². The fourth-order valence-electron chi connectivity index (χ4n) is 2.24. The number of nitrogens with zero attached hydrogens (tertiary/aromatic N) is 3. The molecule has 0 saturated heterocycles. The molecule has 2 N–H and O–H groups in total.